The minimum absolute atomic E-state index is 0.0220. The van der Waals surface area contributed by atoms with Gasteiger partial charge in [-0.1, -0.05) is 66.5 Å². The second kappa shape index (κ2) is 11.3. The molecule has 1 heterocycles. The predicted octanol–water partition coefficient (Wildman–Crippen LogP) is 6.40. The molecule has 3 aromatic carbocycles. The highest BCUT2D eigenvalue weighted by molar-refractivity contribution is 9.10. The van der Waals surface area contributed by atoms with Gasteiger partial charge in [0.15, 0.2) is 0 Å². The number of anilines is 1. The zero-order valence-corrected chi connectivity index (χ0v) is 22.2. The summed E-state index contributed by atoms with van der Waals surface area (Å²) in [5, 5.41) is 5.21. The number of halogens is 1. The molecule has 1 aliphatic rings. The molecule has 1 N–H and O–H groups in total. The zero-order valence-electron chi connectivity index (χ0n) is 20.6. The molecule has 4 rings (SSSR count). The first-order chi connectivity index (χ1) is 17.0. The Kier molecular flexibility index (Phi) is 8.11. The minimum atomic E-state index is -0.559. The number of carbonyl (C=O) groups excluding carboxylic acids is 2. The predicted molar refractivity (Wildman–Crippen MR) is 145 cm³/mol. The fraction of sp³-hybridized carbons (Fsp3) is 0.379. The minimum Gasteiger partial charge on any atom is -0.496 e. The summed E-state index contributed by atoms with van der Waals surface area (Å²) in [7, 11) is 1.66. The van der Waals surface area contributed by atoms with Crippen molar-refractivity contribution in [1.29, 1.82) is 0 Å². The van der Waals surface area contributed by atoms with Crippen LogP contribution in [0.3, 0.4) is 0 Å². The standard InChI is InChI=1S/C29H33BrN2O3/c1-4-8-19(5-2)28(33)31-25-15-11-20-9-6-7-10-26(20)32(29(25)34)18-24-23-14-13-22(30)17-21(23)12-16-27(24)35-3/h6-7,9-10,12-14,16-17,19,25H,4-5,8,11,15,18H2,1-3H3,(H,31,33)/t19-,25+/m1/s1. The second-order valence-corrected chi connectivity index (χ2v) is 10.1. The lowest BCUT2D eigenvalue weighted by Gasteiger charge is -2.28. The summed E-state index contributed by atoms with van der Waals surface area (Å²) in [6.45, 7) is 4.47. The molecule has 0 saturated heterocycles. The number of rotatable bonds is 8. The molecule has 0 aliphatic carbocycles. The number of benzene rings is 3. The Morgan fingerprint density at radius 1 is 1.17 bits per heavy atom. The van der Waals surface area contributed by atoms with Gasteiger partial charge >= 0.3 is 0 Å². The summed E-state index contributed by atoms with van der Waals surface area (Å²) in [5.74, 6) is 0.574. The molecule has 2 amide bonds. The SMILES string of the molecule is CCC[C@@H](CC)C(=O)N[C@H]1CCc2ccccc2N(Cc2c(OC)ccc3cc(Br)ccc23)C1=O. The number of carbonyl (C=O) groups is 2. The smallest absolute Gasteiger partial charge is 0.249 e. The van der Waals surface area contributed by atoms with Crippen LogP contribution in [0.25, 0.3) is 10.8 Å². The average Bonchev–Trinajstić information content (AvgIpc) is 2.99. The highest BCUT2D eigenvalue weighted by Gasteiger charge is 2.33. The van der Waals surface area contributed by atoms with Crippen molar-refractivity contribution in [3.05, 3.63) is 70.2 Å². The van der Waals surface area contributed by atoms with Crippen molar-refractivity contribution in [1.82, 2.24) is 5.32 Å². The van der Waals surface area contributed by atoms with Crippen molar-refractivity contribution in [2.24, 2.45) is 5.92 Å². The van der Waals surface area contributed by atoms with Crippen LogP contribution in [0, 0.1) is 5.92 Å². The highest BCUT2D eigenvalue weighted by Crippen LogP contribution is 2.35. The number of methoxy groups -OCH3 is 1. The molecule has 3 aromatic rings. The Hall–Kier alpha value is -2.86. The fourth-order valence-electron chi connectivity index (χ4n) is 5.03. The van der Waals surface area contributed by atoms with E-state index in [1.807, 2.05) is 48.2 Å². The van der Waals surface area contributed by atoms with Gasteiger partial charge in [0.25, 0.3) is 0 Å². The van der Waals surface area contributed by atoms with Gasteiger partial charge in [0, 0.05) is 21.6 Å². The maximum Gasteiger partial charge on any atom is 0.249 e. The van der Waals surface area contributed by atoms with Gasteiger partial charge in [-0.25, -0.2) is 0 Å². The van der Waals surface area contributed by atoms with Crippen LogP contribution in [0.2, 0.25) is 0 Å². The van der Waals surface area contributed by atoms with Crippen LogP contribution in [-0.4, -0.2) is 25.0 Å². The van der Waals surface area contributed by atoms with Crippen molar-refractivity contribution in [2.45, 2.75) is 58.5 Å². The van der Waals surface area contributed by atoms with E-state index in [9.17, 15) is 9.59 Å². The van der Waals surface area contributed by atoms with Crippen molar-refractivity contribution in [2.75, 3.05) is 12.0 Å². The van der Waals surface area contributed by atoms with E-state index < -0.39 is 6.04 Å². The van der Waals surface area contributed by atoms with Gasteiger partial charge < -0.3 is 15.0 Å². The van der Waals surface area contributed by atoms with Crippen LogP contribution in [0.15, 0.2) is 59.1 Å². The molecule has 0 spiro atoms. The largest absolute Gasteiger partial charge is 0.496 e. The number of amides is 2. The molecule has 0 radical (unpaired) electrons. The van der Waals surface area contributed by atoms with E-state index in [1.165, 1.54) is 0 Å². The molecule has 35 heavy (non-hydrogen) atoms. The Bertz CT molecular complexity index is 1230. The second-order valence-electron chi connectivity index (χ2n) is 9.16. The lowest BCUT2D eigenvalue weighted by molar-refractivity contribution is -0.130. The Morgan fingerprint density at radius 3 is 2.71 bits per heavy atom. The van der Waals surface area contributed by atoms with E-state index in [2.05, 4.69) is 46.4 Å². The van der Waals surface area contributed by atoms with Crippen LogP contribution >= 0.6 is 15.9 Å². The number of hydrogen-bond donors (Lipinski definition) is 1. The van der Waals surface area contributed by atoms with Crippen LogP contribution in [0.4, 0.5) is 5.69 Å². The molecule has 1 aliphatic heterocycles. The molecular formula is C29H33BrN2O3. The molecule has 5 nitrogen and oxygen atoms in total. The highest BCUT2D eigenvalue weighted by atomic mass is 79.9. The van der Waals surface area contributed by atoms with Gasteiger partial charge in [-0.2, -0.15) is 0 Å². The molecule has 2 atom stereocenters. The molecule has 0 saturated carbocycles. The van der Waals surface area contributed by atoms with Crippen molar-refractivity contribution in [3.63, 3.8) is 0 Å². The molecule has 184 valence electrons. The van der Waals surface area contributed by atoms with E-state index in [0.29, 0.717) is 13.0 Å². The third-order valence-corrected chi connectivity index (χ3v) is 7.45. The summed E-state index contributed by atoms with van der Waals surface area (Å²) in [6, 6.07) is 17.6. The van der Waals surface area contributed by atoms with Gasteiger partial charge in [-0.05, 0) is 66.3 Å². The monoisotopic (exact) mass is 536 g/mol. The Labute approximate surface area is 216 Å². The van der Waals surface area contributed by atoms with E-state index in [1.54, 1.807) is 7.11 Å². The van der Waals surface area contributed by atoms with Gasteiger partial charge in [-0.15, -0.1) is 0 Å². The first-order valence-corrected chi connectivity index (χ1v) is 13.2. The summed E-state index contributed by atoms with van der Waals surface area (Å²) >= 11 is 3.56. The first kappa shape index (κ1) is 25.2. The number of nitrogens with zero attached hydrogens (tertiary/aromatic N) is 1. The van der Waals surface area contributed by atoms with Gasteiger partial charge in [0.1, 0.15) is 11.8 Å². The summed E-state index contributed by atoms with van der Waals surface area (Å²) in [5.41, 5.74) is 2.95. The van der Waals surface area contributed by atoms with Crippen molar-refractivity contribution in [3.8, 4) is 5.75 Å². The molecule has 0 unspecified atom stereocenters. The third kappa shape index (κ3) is 5.37. The van der Waals surface area contributed by atoms with E-state index in [0.717, 1.165) is 63.5 Å². The Morgan fingerprint density at radius 2 is 1.97 bits per heavy atom. The van der Waals surface area contributed by atoms with E-state index in [4.69, 9.17) is 4.74 Å². The molecule has 0 fully saturated rings. The number of para-hydroxylation sites is 1. The van der Waals surface area contributed by atoms with E-state index in [-0.39, 0.29) is 17.7 Å². The number of ether oxygens (including phenoxy) is 1. The quantitative estimate of drug-likeness (QED) is 0.362. The van der Waals surface area contributed by atoms with Gasteiger partial charge in [0.2, 0.25) is 11.8 Å². The van der Waals surface area contributed by atoms with Crippen LogP contribution < -0.4 is 15.0 Å². The summed E-state index contributed by atoms with van der Waals surface area (Å²) < 4.78 is 6.72. The fourth-order valence-corrected chi connectivity index (χ4v) is 5.41. The maximum atomic E-state index is 14.0. The average molecular weight is 537 g/mol. The summed E-state index contributed by atoms with van der Waals surface area (Å²) in [4.78, 5) is 28.8. The number of hydrogen-bond acceptors (Lipinski definition) is 3. The lowest BCUT2D eigenvalue weighted by Crippen LogP contribution is -2.49. The topological polar surface area (TPSA) is 58.6 Å². The normalized spacial score (nSPS) is 16.5. The number of nitrogens with one attached hydrogen (secondary N) is 1. The third-order valence-electron chi connectivity index (χ3n) is 6.95. The molecule has 0 aromatic heterocycles. The maximum absolute atomic E-state index is 14.0. The van der Waals surface area contributed by atoms with Crippen molar-refractivity contribution >= 4 is 44.2 Å². The van der Waals surface area contributed by atoms with Crippen LogP contribution in [-0.2, 0) is 22.6 Å². The number of aryl methyl sites for hydroxylation is 1. The Balaban J connectivity index is 1.73. The van der Waals surface area contributed by atoms with Crippen LogP contribution in [0.1, 0.15) is 50.7 Å². The zero-order chi connectivity index (χ0) is 24.9. The number of fused-ring (bicyclic) bond motifs is 2. The first-order valence-electron chi connectivity index (χ1n) is 12.4. The molecule has 0 bridgehead atoms. The van der Waals surface area contributed by atoms with Gasteiger partial charge in [0.05, 0.1) is 13.7 Å². The lowest BCUT2D eigenvalue weighted by atomic mass is 9.98. The van der Waals surface area contributed by atoms with E-state index >= 15 is 0 Å². The van der Waals surface area contributed by atoms with Gasteiger partial charge in [-0.3, -0.25) is 9.59 Å². The summed E-state index contributed by atoms with van der Waals surface area (Å²) in [6.07, 6.45) is 3.86. The van der Waals surface area contributed by atoms with Crippen molar-refractivity contribution < 1.29 is 14.3 Å². The molecule has 6 heteroatoms. The molecular weight excluding hydrogens is 504 g/mol. The van der Waals surface area contributed by atoms with Crippen LogP contribution in [0.5, 0.6) is 5.75 Å².